The molecule has 118 valence electrons. The largest absolute Gasteiger partial charge is 0.497 e. The molecule has 4 heteroatoms. The van der Waals surface area contributed by atoms with Gasteiger partial charge in [0.25, 0.3) is 0 Å². The number of nitrogens with zero attached hydrogens (tertiary/aromatic N) is 1. The number of hydrogen-bond donors (Lipinski definition) is 2. The van der Waals surface area contributed by atoms with E-state index >= 15 is 0 Å². The predicted molar refractivity (Wildman–Crippen MR) is 90.3 cm³/mol. The third kappa shape index (κ3) is 5.66. The molecule has 0 bridgehead atoms. The van der Waals surface area contributed by atoms with Crippen LogP contribution < -0.4 is 15.4 Å². The average Bonchev–Trinajstić information content (AvgIpc) is 2.50. The van der Waals surface area contributed by atoms with Crippen molar-refractivity contribution in [3.8, 4) is 5.75 Å². The van der Waals surface area contributed by atoms with E-state index < -0.39 is 0 Å². The van der Waals surface area contributed by atoms with E-state index in [0.717, 1.165) is 37.8 Å². The van der Waals surface area contributed by atoms with Crippen molar-refractivity contribution in [3.63, 3.8) is 0 Å². The quantitative estimate of drug-likeness (QED) is 0.600. The van der Waals surface area contributed by atoms with Crippen LogP contribution in [0.4, 0.5) is 0 Å². The number of ether oxygens (including phenoxy) is 1. The van der Waals surface area contributed by atoms with Gasteiger partial charge in [-0.1, -0.05) is 32.9 Å². The molecule has 2 N–H and O–H groups in total. The number of methoxy groups -OCH3 is 1. The fraction of sp³-hybridized carbons (Fsp3) is 0.588. The minimum Gasteiger partial charge on any atom is -0.497 e. The first-order valence-corrected chi connectivity index (χ1v) is 7.70. The van der Waals surface area contributed by atoms with Crippen molar-refractivity contribution in [2.75, 3.05) is 26.7 Å². The summed E-state index contributed by atoms with van der Waals surface area (Å²) in [5.74, 6) is 1.77. The molecule has 0 amide bonds. The lowest BCUT2D eigenvalue weighted by atomic mass is 9.85. The highest BCUT2D eigenvalue weighted by Gasteiger charge is 2.21. The van der Waals surface area contributed by atoms with Crippen LogP contribution in [0.2, 0.25) is 0 Å². The summed E-state index contributed by atoms with van der Waals surface area (Å²) in [5.41, 5.74) is 1.19. The Hall–Kier alpha value is -1.71. The molecule has 0 aromatic heterocycles. The van der Waals surface area contributed by atoms with Crippen LogP contribution in [0.3, 0.4) is 0 Å². The minimum atomic E-state index is -0.0386. The number of guanidine groups is 1. The second kappa shape index (κ2) is 8.55. The zero-order chi connectivity index (χ0) is 15.7. The van der Waals surface area contributed by atoms with E-state index in [4.69, 9.17) is 9.73 Å². The van der Waals surface area contributed by atoms with Gasteiger partial charge in [-0.25, -0.2) is 0 Å². The van der Waals surface area contributed by atoms with E-state index in [9.17, 15) is 0 Å². The first-order valence-electron chi connectivity index (χ1n) is 7.70. The van der Waals surface area contributed by atoms with E-state index in [1.54, 1.807) is 7.11 Å². The molecule has 21 heavy (non-hydrogen) atoms. The predicted octanol–water partition coefficient (Wildman–Crippen LogP) is 2.94. The molecular weight excluding hydrogens is 262 g/mol. The van der Waals surface area contributed by atoms with Crippen molar-refractivity contribution < 1.29 is 4.74 Å². The number of hydrogen-bond acceptors (Lipinski definition) is 2. The number of aliphatic imine (C=N–C) groups is 1. The molecule has 0 aliphatic heterocycles. The van der Waals surface area contributed by atoms with Crippen LogP contribution in [0.5, 0.6) is 5.75 Å². The summed E-state index contributed by atoms with van der Waals surface area (Å²) in [6, 6.07) is 8.21. The monoisotopic (exact) mass is 291 g/mol. The van der Waals surface area contributed by atoms with Gasteiger partial charge in [0.2, 0.25) is 0 Å². The molecule has 0 saturated heterocycles. The van der Waals surface area contributed by atoms with Crippen LogP contribution in [0.1, 0.15) is 39.7 Å². The third-order valence-electron chi connectivity index (χ3n) is 3.37. The standard InChI is InChI=1S/C17H29N3O/c1-6-11-19-16(18-7-2)20-13-17(3,4)14-9-8-10-15(12-14)21-5/h8-10,12H,6-7,11,13H2,1-5H3,(H2,18,19,20). The van der Waals surface area contributed by atoms with Crippen molar-refractivity contribution in [1.29, 1.82) is 0 Å². The molecule has 4 nitrogen and oxygen atoms in total. The Morgan fingerprint density at radius 2 is 2.00 bits per heavy atom. The van der Waals surface area contributed by atoms with Crippen LogP contribution in [0.15, 0.2) is 29.3 Å². The smallest absolute Gasteiger partial charge is 0.191 e. The van der Waals surface area contributed by atoms with Crippen molar-refractivity contribution in [3.05, 3.63) is 29.8 Å². The van der Waals surface area contributed by atoms with Crippen LogP contribution in [0.25, 0.3) is 0 Å². The maximum Gasteiger partial charge on any atom is 0.191 e. The normalized spacial score (nSPS) is 12.1. The third-order valence-corrected chi connectivity index (χ3v) is 3.37. The van der Waals surface area contributed by atoms with Gasteiger partial charge in [0, 0.05) is 18.5 Å². The van der Waals surface area contributed by atoms with Gasteiger partial charge in [-0.05, 0) is 31.0 Å². The van der Waals surface area contributed by atoms with E-state index in [2.05, 4.69) is 50.5 Å². The minimum absolute atomic E-state index is 0.0386. The SMILES string of the molecule is CCCNC(=NCC(C)(C)c1cccc(OC)c1)NCC. The first-order chi connectivity index (χ1) is 10.0. The molecule has 0 aliphatic carbocycles. The Kier molecular flexibility index (Phi) is 7.06. The molecule has 1 aromatic carbocycles. The van der Waals surface area contributed by atoms with E-state index in [0.29, 0.717) is 0 Å². The Labute approximate surface area is 129 Å². The van der Waals surface area contributed by atoms with Crippen molar-refractivity contribution in [2.45, 2.75) is 39.5 Å². The second-order valence-corrected chi connectivity index (χ2v) is 5.74. The Balaban J connectivity index is 2.80. The van der Waals surface area contributed by atoms with Crippen LogP contribution in [0, 0.1) is 0 Å². The molecule has 0 atom stereocenters. The highest BCUT2D eigenvalue weighted by atomic mass is 16.5. The zero-order valence-corrected chi connectivity index (χ0v) is 14.0. The van der Waals surface area contributed by atoms with Crippen LogP contribution in [-0.4, -0.2) is 32.7 Å². The maximum atomic E-state index is 5.31. The Bertz CT molecular complexity index is 455. The van der Waals surface area contributed by atoms with Gasteiger partial charge in [0.05, 0.1) is 13.7 Å². The molecule has 1 aromatic rings. The Morgan fingerprint density at radius 3 is 2.62 bits per heavy atom. The molecule has 0 saturated carbocycles. The fourth-order valence-corrected chi connectivity index (χ4v) is 2.00. The molecule has 0 unspecified atom stereocenters. The molecule has 1 rings (SSSR count). The van der Waals surface area contributed by atoms with Gasteiger partial charge in [0.1, 0.15) is 5.75 Å². The number of nitrogens with one attached hydrogen (secondary N) is 2. The highest BCUT2D eigenvalue weighted by Crippen LogP contribution is 2.26. The number of benzene rings is 1. The molecular formula is C17H29N3O. The molecule has 0 heterocycles. The summed E-state index contributed by atoms with van der Waals surface area (Å²) in [6.45, 7) is 11.2. The van der Waals surface area contributed by atoms with Crippen molar-refractivity contribution in [1.82, 2.24) is 10.6 Å². The van der Waals surface area contributed by atoms with Crippen LogP contribution in [-0.2, 0) is 5.41 Å². The lowest BCUT2D eigenvalue weighted by Gasteiger charge is -2.24. The average molecular weight is 291 g/mol. The van der Waals surface area contributed by atoms with Gasteiger partial charge in [-0.3, -0.25) is 4.99 Å². The summed E-state index contributed by atoms with van der Waals surface area (Å²) in [7, 11) is 1.70. The fourth-order valence-electron chi connectivity index (χ4n) is 2.00. The molecule has 0 spiro atoms. The molecule has 0 fully saturated rings. The van der Waals surface area contributed by atoms with Gasteiger partial charge < -0.3 is 15.4 Å². The van der Waals surface area contributed by atoms with E-state index in [1.165, 1.54) is 5.56 Å². The molecule has 0 radical (unpaired) electrons. The van der Waals surface area contributed by atoms with Crippen molar-refractivity contribution >= 4 is 5.96 Å². The van der Waals surface area contributed by atoms with Crippen molar-refractivity contribution in [2.24, 2.45) is 4.99 Å². The summed E-state index contributed by atoms with van der Waals surface area (Å²) < 4.78 is 5.31. The highest BCUT2D eigenvalue weighted by molar-refractivity contribution is 5.79. The summed E-state index contributed by atoms with van der Waals surface area (Å²) in [5, 5.41) is 6.61. The van der Waals surface area contributed by atoms with Gasteiger partial charge in [0.15, 0.2) is 5.96 Å². The first kappa shape index (κ1) is 17.3. The van der Waals surface area contributed by atoms with Gasteiger partial charge in [-0.2, -0.15) is 0 Å². The maximum absolute atomic E-state index is 5.31. The van der Waals surface area contributed by atoms with E-state index in [1.807, 2.05) is 12.1 Å². The lowest BCUT2D eigenvalue weighted by molar-refractivity contribution is 0.412. The molecule has 0 aliphatic rings. The number of rotatable bonds is 7. The topological polar surface area (TPSA) is 45.7 Å². The summed E-state index contributed by atoms with van der Waals surface area (Å²) >= 11 is 0. The summed E-state index contributed by atoms with van der Waals surface area (Å²) in [4.78, 5) is 4.71. The van der Waals surface area contributed by atoms with E-state index in [-0.39, 0.29) is 5.41 Å². The zero-order valence-electron chi connectivity index (χ0n) is 14.0. The lowest BCUT2D eigenvalue weighted by Crippen LogP contribution is -2.38. The van der Waals surface area contributed by atoms with Crippen LogP contribution >= 0.6 is 0 Å². The Morgan fingerprint density at radius 1 is 1.24 bits per heavy atom. The van der Waals surface area contributed by atoms with Gasteiger partial charge in [-0.15, -0.1) is 0 Å². The second-order valence-electron chi connectivity index (χ2n) is 5.74. The summed E-state index contributed by atoms with van der Waals surface area (Å²) in [6.07, 6.45) is 1.09. The van der Waals surface area contributed by atoms with Gasteiger partial charge >= 0.3 is 0 Å².